The predicted octanol–water partition coefficient (Wildman–Crippen LogP) is 5.05. The van der Waals surface area contributed by atoms with Crippen LogP contribution >= 0.6 is 11.3 Å². The van der Waals surface area contributed by atoms with E-state index in [-0.39, 0.29) is 18.0 Å². The number of hydrogen-bond acceptors (Lipinski definition) is 7. The molecule has 36 heavy (non-hydrogen) atoms. The number of likely N-dealkylation sites (tertiary alicyclic amines) is 1. The molecule has 0 bridgehead atoms. The molecule has 1 atom stereocenters. The number of nitrogens with one attached hydrogen (secondary N) is 2. The van der Waals surface area contributed by atoms with Gasteiger partial charge < -0.3 is 20.3 Å². The number of rotatable bonds is 8. The Hall–Kier alpha value is -3.14. The number of anilines is 1. The third-order valence-electron chi connectivity index (χ3n) is 6.34. The zero-order valence-corrected chi connectivity index (χ0v) is 22.5. The maximum Gasteiger partial charge on any atom is 0.410 e. The van der Waals surface area contributed by atoms with Crippen LogP contribution in [0.4, 0.5) is 10.5 Å². The molecule has 4 heterocycles. The highest BCUT2D eigenvalue weighted by Gasteiger charge is 2.29. The van der Waals surface area contributed by atoms with Crippen molar-refractivity contribution in [2.75, 3.05) is 25.0 Å². The first kappa shape index (κ1) is 25.9. The van der Waals surface area contributed by atoms with Crippen molar-refractivity contribution in [3.63, 3.8) is 0 Å². The van der Waals surface area contributed by atoms with Gasteiger partial charge in [-0.2, -0.15) is 5.10 Å². The van der Waals surface area contributed by atoms with E-state index in [2.05, 4.69) is 34.6 Å². The Kier molecular flexibility index (Phi) is 7.82. The molecule has 0 aliphatic carbocycles. The van der Waals surface area contributed by atoms with Crippen LogP contribution in [-0.2, 0) is 4.74 Å². The molecule has 194 valence electrons. The topological polar surface area (TPSA) is 101 Å². The number of aromatic nitrogens is 3. The largest absolute Gasteiger partial charge is 0.444 e. The minimum atomic E-state index is -0.485. The summed E-state index contributed by atoms with van der Waals surface area (Å²) in [7, 11) is 0. The number of fused-ring (bicyclic) bond motifs is 1. The van der Waals surface area contributed by atoms with Crippen molar-refractivity contribution >= 4 is 34.7 Å². The van der Waals surface area contributed by atoms with Gasteiger partial charge in [-0.05, 0) is 63.0 Å². The lowest BCUT2D eigenvalue weighted by Gasteiger charge is -2.24. The number of hydrogen-bond donors (Lipinski definition) is 2. The average Bonchev–Trinajstić information content (AvgIpc) is 3.59. The lowest BCUT2D eigenvalue weighted by Crippen LogP contribution is -2.35. The maximum atomic E-state index is 12.6. The molecular weight excluding hydrogens is 476 g/mol. The van der Waals surface area contributed by atoms with Crippen molar-refractivity contribution < 1.29 is 14.3 Å². The van der Waals surface area contributed by atoms with Gasteiger partial charge in [0.1, 0.15) is 5.60 Å². The average molecular weight is 513 g/mol. The second-order valence-electron chi connectivity index (χ2n) is 10.3. The number of nitrogens with zero attached hydrogens (tertiary/aromatic N) is 4. The summed E-state index contributed by atoms with van der Waals surface area (Å²) in [5, 5.41) is 13.0. The Morgan fingerprint density at radius 1 is 1.25 bits per heavy atom. The molecule has 2 N–H and O–H groups in total. The molecule has 1 aliphatic heterocycles. The van der Waals surface area contributed by atoms with Crippen molar-refractivity contribution in [3.8, 4) is 11.1 Å². The van der Waals surface area contributed by atoms with E-state index in [9.17, 15) is 9.59 Å². The molecule has 1 aliphatic rings. The van der Waals surface area contributed by atoms with Gasteiger partial charge in [0, 0.05) is 31.2 Å². The number of carbonyl (C=O) groups is 2. The van der Waals surface area contributed by atoms with Crippen LogP contribution < -0.4 is 10.6 Å². The van der Waals surface area contributed by atoms with E-state index in [0.29, 0.717) is 23.9 Å². The third-order valence-corrected chi connectivity index (χ3v) is 7.27. The molecule has 1 fully saturated rings. The number of ether oxygens (including phenoxy) is 1. The van der Waals surface area contributed by atoms with Crippen LogP contribution in [0.25, 0.3) is 16.8 Å². The first-order chi connectivity index (χ1) is 17.2. The van der Waals surface area contributed by atoms with E-state index in [1.54, 1.807) is 21.8 Å². The van der Waals surface area contributed by atoms with Crippen molar-refractivity contribution in [3.05, 3.63) is 34.9 Å². The summed E-state index contributed by atoms with van der Waals surface area (Å²) in [4.78, 5) is 32.0. The molecule has 9 nitrogen and oxygen atoms in total. The quantitative estimate of drug-likeness (QED) is 0.438. The second-order valence-corrected chi connectivity index (χ2v) is 11.2. The Labute approximate surface area is 216 Å². The normalized spacial score (nSPS) is 16.1. The minimum absolute atomic E-state index is 0.0342. The first-order valence-corrected chi connectivity index (χ1v) is 13.5. The predicted molar refractivity (Wildman–Crippen MR) is 143 cm³/mol. The zero-order chi connectivity index (χ0) is 25.9. The van der Waals surface area contributed by atoms with E-state index in [4.69, 9.17) is 4.74 Å². The first-order valence-electron chi connectivity index (χ1n) is 12.6. The second kappa shape index (κ2) is 10.9. The molecule has 0 radical (unpaired) electrons. The molecule has 10 heteroatoms. The number of amides is 2. The van der Waals surface area contributed by atoms with Crippen molar-refractivity contribution in [1.82, 2.24) is 24.8 Å². The van der Waals surface area contributed by atoms with Gasteiger partial charge in [0.05, 0.1) is 29.2 Å². The zero-order valence-electron chi connectivity index (χ0n) is 21.7. The van der Waals surface area contributed by atoms with Gasteiger partial charge in [0.25, 0.3) is 5.91 Å². The summed E-state index contributed by atoms with van der Waals surface area (Å²) in [6, 6.07) is 2.10. The van der Waals surface area contributed by atoms with Gasteiger partial charge in [-0.25, -0.2) is 14.3 Å². The van der Waals surface area contributed by atoms with Crippen molar-refractivity contribution in [1.29, 1.82) is 0 Å². The van der Waals surface area contributed by atoms with Crippen LogP contribution in [0.3, 0.4) is 0 Å². The van der Waals surface area contributed by atoms with E-state index in [1.165, 1.54) is 11.3 Å². The van der Waals surface area contributed by atoms with Gasteiger partial charge in [-0.15, -0.1) is 11.3 Å². The fraction of sp³-hybridized carbons (Fsp3) is 0.538. The molecule has 3 aromatic rings. The van der Waals surface area contributed by atoms with E-state index < -0.39 is 5.60 Å². The van der Waals surface area contributed by atoms with Gasteiger partial charge >= 0.3 is 6.09 Å². The van der Waals surface area contributed by atoms with Crippen LogP contribution in [-0.4, -0.2) is 62.8 Å². The summed E-state index contributed by atoms with van der Waals surface area (Å²) in [5.41, 5.74) is 2.95. The molecule has 3 aromatic heterocycles. The Bertz CT molecular complexity index is 1210. The van der Waals surface area contributed by atoms with E-state index in [0.717, 1.165) is 48.3 Å². The fourth-order valence-corrected chi connectivity index (χ4v) is 5.08. The standard InChI is InChI=1S/C26H36N6O3S/c1-6-19(7-2)30-24(33)22-10-18(16-36-22)21-13-29-32-15-20(12-28-23(21)32)27-11-17-8-9-31(14-17)25(34)35-26(3,4)5/h10,12-13,15-17,19,27H,6-9,11,14H2,1-5H3,(H,30,33). The highest BCUT2D eigenvalue weighted by molar-refractivity contribution is 7.12. The Balaban J connectivity index is 1.36. The van der Waals surface area contributed by atoms with Gasteiger partial charge in [-0.1, -0.05) is 13.8 Å². The fourth-order valence-electron chi connectivity index (χ4n) is 4.27. The van der Waals surface area contributed by atoms with Crippen molar-refractivity contribution in [2.45, 2.75) is 65.5 Å². The molecule has 4 rings (SSSR count). The maximum absolute atomic E-state index is 12.6. The van der Waals surface area contributed by atoms with Gasteiger partial charge in [0.15, 0.2) is 5.65 Å². The van der Waals surface area contributed by atoms with Crippen LogP contribution in [0, 0.1) is 5.92 Å². The van der Waals surface area contributed by atoms with Gasteiger partial charge in [-0.3, -0.25) is 4.79 Å². The minimum Gasteiger partial charge on any atom is -0.444 e. The highest BCUT2D eigenvalue weighted by atomic mass is 32.1. The summed E-state index contributed by atoms with van der Waals surface area (Å²) in [6.07, 6.45) is 8.01. The molecule has 0 spiro atoms. The number of carbonyl (C=O) groups excluding carboxylic acids is 2. The molecule has 0 aromatic carbocycles. The molecule has 0 saturated carbocycles. The molecule has 1 saturated heterocycles. The van der Waals surface area contributed by atoms with Crippen molar-refractivity contribution in [2.24, 2.45) is 5.92 Å². The lowest BCUT2D eigenvalue weighted by molar-refractivity contribution is 0.0289. The van der Waals surface area contributed by atoms with E-state index in [1.807, 2.05) is 38.4 Å². The molecule has 2 amide bonds. The monoisotopic (exact) mass is 512 g/mol. The summed E-state index contributed by atoms with van der Waals surface area (Å²) in [6.45, 7) is 11.9. The summed E-state index contributed by atoms with van der Waals surface area (Å²) < 4.78 is 7.24. The SMILES string of the molecule is CCC(CC)NC(=O)c1cc(-c2cnn3cc(NCC4CCN(C(=O)OC(C)(C)C)C4)cnc23)cs1. The van der Waals surface area contributed by atoms with E-state index >= 15 is 0 Å². The molecular formula is C26H36N6O3S. The third kappa shape index (κ3) is 6.16. The van der Waals surface area contributed by atoms with Crippen LogP contribution in [0.1, 0.15) is 63.6 Å². The number of thiophene rings is 1. The molecule has 1 unspecified atom stereocenters. The Morgan fingerprint density at radius 2 is 2.03 bits per heavy atom. The van der Waals surface area contributed by atoms with Crippen LogP contribution in [0.5, 0.6) is 0 Å². The highest BCUT2D eigenvalue weighted by Crippen LogP contribution is 2.29. The summed E-state index contributed by atoms with van der Waals surface area (Å²) in [5.74, 6) is 0.310. The van der Waals surface area contributed by atoms with Crippen LogP contribution in [0.15, 0.2) is 30.0 Å². The smallest absolute Gasteiger partial charge is 0.410 e. The lowest BCUT2D eigenvalue weighted by atomic mass is 10.1. The summed E-state index contributed by atoms with van der Waals surface area (Å²) >= 11 is 1.43. The van der Waals surface area contributed by atoms with Crippen LogP contribution in [0.2, 0.25) is 0 Å². The van der Waals surface area contributed by atoms with Gasteiger partial charge in [0.2, 0.25) is 0 Å². The Morgan fingerprint density at radius 3 is 2.75 bits per heavy atom.